The highest BCUT2D eigenvalue weighted by atomic mass is 16.5. The Morgan fingerprint density at radius 2 is 2.04 bits per heavy atom. The molecule has 2 atom stereocenters. The van der Waals surface area contributed by atoms with E-state index in [1.165, 1.54) is 19.3 Å². The summed E-state index contributed by atoms with van der Waals surface area (Å²) < 4.78 is 7.35. The van der Waals surface area contributed by atoms with Gasteiger partial charge in [-0.05, 0) is 49.9 Å². The van der Waals surface area contributed by atoms with E-state index < -0.39 is 0 Å². The topological polar surface area (TPSA) is 37.7 Å². The van der Waals surface area contributed by atoms with Crippen LogP contribution in [0.5, 0.6) is 5.75 Å². The fourth-order valence-electron chi connectivity index (χ4n) is 4.71. The van der Waals surface area contributed by atoms with Crippen molar-refractivity contribution in [3.05, 3.63) is 30.0 Å². The summed E-state index contributed by atoms with van der Waals surface area (Å²) >= 11 is 0. The van der Waals surface area contributed by atoms with Gasteiger partial charge in [-0.15, -0.1) is 0 Å². The van der Waals surface area contributed by atoms with E-state index in [9.17, 15) is 4.79 Å². The van der Waals surface area contributed by atoms with Crippen molar-refractivity contribution in [2.75, 3.05) is 33.3 Å². The number of benzene rings is 1. The molecule has 1 aromatic carbocycles. The molecule has 3 fully saturated rings. The number of fused-ring (bicyclic) bond motifs is 5. The van der Waals surface area contributed by atoms with E-state index in [0.717, 1.165) is 48.5 Å². The molecular weight excluding hydrogens is 326 g/mol. The number of piperidine rings is 1. The summed E-state index contributed by atoms with van der Waals surface area (Å²) in [5.41, 5.74) is 1.81. The zero-order valence-corrected chi connectivity index (χ0v) is 16.1. The lowest BCUT2D eigenvalue weighted by Gasteiger charge is -2.35. The van der Waals surface area contributed by atoms with Crippen molar-refractivity contribution in [2.24, 2.45) is 13.0 Å². The average molecular weight is 355 g/mol. The van der Waals surface area contributed by atoms with Crippen molar-refractivity contribution < 1.29 is 9.53 Å². The molecule has 3 aliphatic rings. The van der Waals surface area contributed by atoms with Crippen molar-refractivity contribution in [1.29, 1.82) is 0 Å². The summed E-state index contributed by atoms with van der Waals surface area (Å²) in [6.07, 6.45) is 3.66. The fraction of sp³-hybridized carbons (Fsp3) is 0.571. The lowest BCUT2D eigenvalue weighted by Crippen LogP contribution is -2.44. The number of aromatic nitrogens is 1. The molecule has 1 amide bonds. The van der Waals surface area contributed by atoms with Crippen LogP contribution in [0.1, 0.15) is 36.7 Å². The molecule has 0 N–H and O–H groups in total. The van der Waals surface area contributed by atoms with Gasteiger partial charge < -0.3 is 14.2 Å². The third-order valence-corrected chi connectivity index (χ3v) is 6.10. The Morgan fingerprint density at radius 1 is 1.19 bits per heavy atom. The monoisotopic (exact) mass is 355 g/mol. The van der Waals surface area contributed by atoms with Gasteiger partial charge >= 0.3 is 0 Å². The van der Waals surface area contributed by atoms with Gasteiger partial charge in [0.1, 0.15) is 11.4 Å². The van der Waals surface area contributed by atoms with E-state index in [1.807, 2.05) is 35.9 Å². The van der Waals surface area contributed by atoms with E-state index in [0.29, 0.717) is 12.0 Å². The van der Waals surface area contributed by atoms with Crippen molar-refractivity contribution in [3.63, 3.8) is 0 Å². The van der Waals surface area contributed by atoms with Crippen LogP contribution in [0.2, 0.25) is 0 Å². The number of hydrogen-bond donors (Lipinski definition) is 0. The van der Waals surface area contributed by atoms with Crippen LogP contribution in [0.4, 0.5) is 0 Å². The third-order valence-electron chi connectivity index (χ3n) is 6.10. The lowest BCUT2D eigenvalue weighted by molar-refractivity contribution is 0.0729. The first-order valence-corrected chi connectivity index (χ1v) is 9.77. The van der Waals surface area contributed by atoms with E-state index in [2.05, 4.69) is 16.7 Å². The van der Waals surface area contributed by atoms with E-state index in [4.69, 9.17) is 4.74 Å². The number of ether oxygens (including phenoxy) is 1. The quantitative estimate of drug-likeness (QED) is 0.846. The van der Waals surface area contributed by atoms with Crippen LogP contribution in [0.3, 0.4) is 0 Å². The average Bonchev–Trinajstić information content (AvgIpc) is 2.80. The number of nitrogens with zero attached hydrogens (tertiary/aromatic N) is 3. The molecule has 3 saturated heterocycles. The van der Waals surface area contributed by atoms with Crippen LogP contribution in [0, 0.1) is 5.92 Å². The Hall–Kier alpha value is -2.01. The Labute approximate surface area is 155 Å². The van der Waals surface area contributed by atoms with Gasteiger partial charge in [0.05, 0.1) is 12.6 Å². The highest BCUT2D eigenvalue weighted by Gasteiger charge is 2.36. The Morgan fingerprint density at radius 3 is 2.81 bits per heavy atom. The standard InChI is InChI=1S/C21H29N3O2/c1-4-9-23-12-15-5-7-17(23)14-24(13-15)21(25)20-10-16-6-8-18(26-3)11-19(16)22(20)2/h6,8,10-11,15,17H,4-5,7,9,12-14H2,1-3H3/t15-,17-/m0/s1. The van der Waals surface area contributed by atoms with Crippen LogP contribution in [0.15, 0.2) is 24.3 Å². The molecule has 2 bridgehead atoms. The third kappa shape index (κ3) is 2.98. The van der Waals surface area contributed by atoms with Crippen molar-refractivity contribution in [3.8, 4) is 5.75 Å². The largest absolute Gasteiger partial charge is 0.497 e. The van der Waals surface area contributed by atoms with Gasteiger partial charge in [0, 0.05) is 44.2 Å². The van der Waals surface area contributed by atoms with Crippen LogP contribution < -0.4 is 4.74 Å². The maximum absolute atomic E-state index is 13.3. The predicted molar refractivity (Wildman–Crippen MR) is 104 cm³/mol. The highest BCUT2D eigenvalue weighted by molar-refractivity contribution is 5.99. The highest BCUT2D eigenvalue weighted by Crippen LogP contribution is 2.30. The molecule has 5 nitrogen and oxygen atoms in total. The van der Waals surface area contributed by atoms with Crippen molar-refractivity contribution in [1.82, 2.24) is 14.4 Å². The number of carbonyl (C=O) groups excluding carboxylic acids is 1. The van der Waals surface area contributed by atoms with Crippen LogP contribution in [0.25, 0.3) is 10.9 Å². The van der Waals surface area contributed by atoms with E-state index in [-0.39, 0.29) is 5.91 Å². The van der Waals surface area contributed by atoms with Gasteiger partial charge in [-0.1, -0.05) is 6.92 Å². The number of carbonyl (C=O) groups is 1. The molecule has 1 aromatic heterocycles. The summed E-state index contributed by atoms with van der Waals surface area (Å²) in [5.74, 6) is 1.60. The second kappa shape index (κ2) is 6.95. The van der Waals surface area contributed by atoms with Gasteiger partial charge in [-0.25, -0.2) is 0 Å². The predicted octanol–water partition coefficient (Wildman–Crippen LogP) is 3.13. The van der Waals surface area contributed by atoms with E-state index in [1.54, 1.807) is 7.11 Å². The number of rotatable bonds is 4. The van der Waals surface area contributed by atoms with Crippen LogP contribution in [-0.4, -0.2) is 59.6 Å². The van der Waals surface area contributed by atoms with Crippen molar-refractivity contribution >= 4 is 16.8 Å². The van der Waals surface area contributed by atoms with Gasteiger partial charge in [-0.2, -0.15) is 0 Å². The zero-order chi connectivity index (χ0) is 18.3. The van der Waals surface area contributed by atoms with Gasteiger partial charge in [0.2, 0.25) is 0 Å². The first kappa shape index (κ1) is 17.4. The smallest absolute Gasteiger partial charge is 0.270 e. The molecule has 0 radical (unpaired) electrons. The summed E-state index contributed by atoms with van der Waals surface area (Å²) in [6.45, 7) is 6.29. The van der Waals surface area contributed by atoms with Crippen LogP contribution in [-0.2, 0) is 7.05 Å². The molecule has 0 aliphatic carbocycles. The second-order valence-electron chi connectivity index (χ2n) is 7.82. The Balaban J connectivity index is 1.61. The molecule has 4 heterocycles. The second-order valence-corrected chi connectivity index (χ2v) is 7.82. The first-order valence-electron chi connectivity index (χ1n) is 9.77. The normalized spacial score (nSPS) is 23.4. The molecule has 5 rings (SSSR count). The molecule has 3 aliphatic heterocycles. The maximum atomic E-state index is 13.3. The fourth-order valence-corrected chi connectivity index (χ4v) is 4.71. The molecule has 5 heteroatoms. The molecule has 0 saturated carbocycles. The Kier molecular flexibility index (Phi) is 4.65. The minimum atomic E-state index is 0.165. The van der Waals surface area contributed by atoms with Crippen LogP contribution >= 0.6 is 0 Å². The molecule has 140 valence electrons. The van der Waals surface area contributed by atoms with Gasteiger partial charge in [-0.3, -0.25) is 9.69 Å². The minimum Gasteiger partial charge on any atom is -0.497 e. The zero-order valence-electron chi connectivity index (χ0n) is 16.1. The Bertz CT molecular complexity index is 813. The number of aryl methyl sites for hydroxylation is 1. The maximum Gasteiger partial charge on any atom is 0.270 e. The minimum absolute atomic E-state index is 0.165. The van der Waals surface area contributed by atoms with E-state index >= 15 is 0 Å². The number of methoxy groups -OCH3 is 1. The summed E-state index contributed by atoms with van der Waals surface area (Å²) in [7, 11) is 3.65. The SMILES string of the molecule is CCCN1C[C@@H]2CC[C@H]1CN(C(=O)c1cc3ccc(OC)cc3n1C)C2. The molecule has 2 aromatic rings. The number of hydrogen-bond acceptors (Lipinski definition) is 3. The molecule has 0 spiro atoms. The summed E-state index contributed by atoms with van der Waals surface area (Å²) in [5, 5.41) is 1.09. The molecule has 0 unspecified atom stereocenters. The summed E-state index contributed by atoms with van der Waals surface area (Å²) in [6, 6.07) is 8.52. The van der Waals surface area contributed by atoms with Crippen molar-refractivity contribution in [2.45, 2.75) is 32.2 Å². The molecular formula is C21H29N3O2. The van der Waals surface area contributed by atoms with Gasteiger partial charge in [0.25, 0.3) is 5.91 Å². The van der Waals surface area contributed by atoms with Gasteiger partial charge in [0.15, 0.2) is 0 Å². The summed E-state index contributed by atoms with van der Waals surface area (Å²) in [4.78, 5) is 18.0. The first-order chi connectivity index (χ1) is 12.6. The molecule has 26 heavy (non-hydrogen) atoms. The number of amides is 1. The lowest BCUT2D eigenvalue weighted by atomic mass is 9.95.